The summed E-state index contributed by atoms with van der Waals surface area (Å²) in [5, 5.41) is 0. The maximum absolute atomic E-state index is 3.73. The van der Waals surface area contributed by atoms with Crippen molar-refractivity contribution in [3.05, 3.63) is 36.5 Å². The van der Waals surface area contributed by atoms with E-state index in [1.165, 1.54) is 31.4 Å². The Bertz CT molecular complexity index is 275. The van der Waals surface area contributed by atoms with Crippen LogP contribution in [0, 0.1) is 0 Å². The fourth-order valence-electron chi connectivity index (χ4n) is 2.72. The molecular weight excluding hydrogens is 182 g/mol. The first-order chi connectivity index (χ1) is 7.21. The summed E-state index contributed by atoms with van der Waals surface area (Å²) in [6.07, 6.45) is 12.1. The van der Waals surface area contributed by atoms with Gasteiger partial charge in [0.15, 0.2) is 0 Å². The first kappa shape index (κ1) is 12.3. The van der Waals surface area contributed by atoms with Crippen molar-refractivity contribution >= 4 is 0 Å². The number of rotatable bonds is 4. The lowest BCUT2D eigenvalue weighted by atomic mass is 9.84. The summed E-state index contributed by atoms with van der Waals surface area (Å²) in [5.74, 6) is 0. The van der Waals surface area contributed by atoms with Gasteiger partial charge in [-0.25, -0.2) is 0 Å². The van der Waals surface area contributed by atoms with Crippen molar-refractivity contribution in [1.82, 2.24) is 4.90 Å². The van der Waals surface area contributed by atoms with E-state index in [0.29, 0.717) is 0 Å². The quantitative estimate of drug-likeness (QED) is 0.634. The summed E-state index contributed by atoms with van der Waals surface area (Å²) in [6.45, 7) is 9.36. The van der Waals surface area contributed by atoms with Crippen LogP contribution in [0.4, 0.5) is 0 Å². The maximum atomic E-state index is 3.73. The molecule has 1 aliphatic heterocycles. The summed E-state index contributed by atoms with van der Waals surface area (Å²) in [6, 6.07) is 0. The average molecular weight is 205 g/mol. The van der Waals surface area contributed by atoms with Crippen molar-refractivity contribution in [2.24, 2.45) is 0 Å². The second kappa shape index (κ2) is 5.32. The van der Waals surface area contributed by atoms with Gasteiger partial charge in [0.1, 0.15) is 0 Å². The molecule has 15 heavy (non-hydrogen) atoms. The van der Waals surface area contributed by atoms with Gasteiger partial charge >= 0.3 is 0 Å². The Morgan fingerprint density at radius 2 is 2.27 bits per heavy atom. The molecular formula is C14H23N. The summed E-state index contributed by atoms with van der Waals surface area (Å²) < 4.78 is 0. The Hall–Kier alpha value is -0.820. The molecule has 84 valence electrons. The Balaban J connectivity index is 2.98. The molecule has 1 fully saturated rings. The molecule has 1 unspecified atom stereocenters. The number of nitrogens with zero attached hydrogens (tertiary/aromatic N) is 1. The van der Waals surface area contributed by atoms with E-state index in [4.69, 9.17) is 0 Å². The van der Waals surface area contributed by atoms with E-state index >= 15 is 0 Å². The predicted molar refractivity (Wildman–Crippen MR) is 68.0 cm³/mol. The second-order valence-electron chi connectivity index (χ2n) is 4.25. The largest absolute Gasteiger partial charge is 0.297 e. The number of hydrogen-bond acceptors (Lipinski definition) is 1. The molecule has 0 radical (unpaired) electrons. The Morgan fingerprint density at radius 3 is 2.67 bits per heavy atom. The Labute approximate surface area is 94.2 Å². The summed E-state index contributed by atoms with van der Waals surface area (Å²) >= 11 is 0. The number of likely N-dealkylation sites (tertiary alicyclic amines) is 1. The zero-order valence-electron chi connectivity index (χ0n) is 10.3. The Morgan fingerprint density at radius 1 is 1.53 bits per heavy atom. The highest BCUT2D eigenvalue weighted by Gasteiger charge is 2.38. The van der Waals surface area contributed by atoms with Crippen LogP contribution in [0.3, 0.4) is 0 Å². The van der Waals surface area contributed by atoms with Crippen LogP contribution in [0.25, 0.3) is 0 Å². The smallest absolute Gasteiger partial charge is 0.0452 e. The zero-order valence-corrected chi connectivity index (χ0v) is 10.3. The minimum Gasteiger partial charge on any atom is -0.297 e. The van der Waals surface area contributed by atoms with E-state index < -0.39 is 0 Å². The van der Waals surface area contributed by atoms with Gasteiger partial charge in [-0.1, -0.05) is 37.8 Å². The molecule has 1 heteroatoms. The summed E-state index contributed by atoms with van der Waals surface area (Å²) in [7, 11) is 2.24. The zero-order chi connectivity index (χ0) is 11.3. The average Bonchev–Trinajstić information content (AvgIpc) is 2.62. The first-order valence-corrected chi connectivity index (χ1v) is 5.88. The topological polar surface area (TPSA) is 3.24 Å². The number of hydrogen-bond donors (Lipinski definition) is 0. The van der Waals surface area contributed by atoms with Crippen LogP contribution in [-0.2, 0) is 0 Å². The lowest BCUT2D eigenvalue weighted by molar-refractivity contribution is 0.212. The van der Waals surface area contributed by atoms with E-state index in [0.717, 1.165) is 0 Å². The third kappa shape index (κ3) is 2.23. The van der Waals surface area contributed by atoms with Crippen molar-refractivity contribution in [2.45, 2.75) is 38.6 Å². The van der Waals surface area contributed by atoms with Crippen LogP contribution in [0.1, 0.15) is 33.1 Å². The lowest BCUT2D eigenvalue weighted by Crippen LogP contribution is -2.42. The van der Waals surface area contributed by atoms with Gasteiger partial charge in [-0.2, -0.15) is 0 Å². The number of allylic oxidation sites excluding steroid dienone is 3. The van der Waals surface area contributed by atoms with Crippen molar-refractivity contribution < 1.29 is 0 Å². The van der Waals surface area contributed by atoms with Gasteiger partial charge < -0.3 is 0 Å². The monoisotopic (exact) mass is 205 g/mol. The van der Waals surface area contributed by atoms with E-state index in [9.17, 15) is 0 Å². The molecule has 1 atom stereocenters. The number of likely N-dealkylation sites (N-methyl/N-ethyl adjacent to an activating group) is 1. The highest BCUT2D eigenvalue weighted by Crippen LogP contribution is 2.38. The van der Waals surface area contributed by atoms with Crippen molar-refractivity contribution in [3.8, 4) is 0 Å². The van der Waals surface area contributed by atoms with Crippen LogP contribution in [0.2, 0.25) is 0 Å². The first-order valence-electron chi connectivity index (χ1n) is 5.88. The van der Waals surface area contributed by atoms with Crippen LogP contribution >= 0.6 is 0 Å². The van der Waals surface area contributed by atoms with Gasteiger partial charge in [-0.15, -0.1) is 0 Å². The standard InChI is InChI=1S/C14H23N/c1-5-8-10-13(6-2)14(7-3)11-9-12-15(14)4/h5-6,8,10H,1,7,9,11-12H2,2-4H3/b10-8-,13-6+. The van der Waals surface area contributed by atoms with Crippen molar-refractivity contribution in [3.63, 3.8) is 0 Å². The van der Waals surface area contributed by atoms with Crippen LogP contribution in [0.15, 0.2) is 36.5 Å². The van der Waals surface area contributed by atoms with E-state index in [2.05, 4.69) is 44.5 Å². The van der Waals surface area contributed by atoms with Crippen LogP contribution < -0.4 is 0 Å². The summed E-state index contributed by atoms with van der Waals surface area (Å²) in [4.78, 5) is 2.50. The molecule has 0 aromatic carbocycles. The van der Waals surface area contributed by atoms with Gasteiger partial charge in [-0.3, -0.25) is 4.90 Å². The van der Waals surface area contributed by atoms with E-state index in [1.54, 1.807) is 0 Å². The molecule has 0 amide bonds. The van der Waals surface area contributed by atoms with Gasteiger partial charge in [0.2, 0.25) is 0 Å². The highest BCUT2D eigenvalue weighted by molar-refractivity contribution is 5.33. The molecule has 0 aliphatic carbocycles. The highest BCUT2D eigenvalue weighted by atomic mass is 15.2. The fraction of sp³-hybridized carbons (Fsp3) is 0.571. The van der Waals surface area contributed by atoms with Crippen LogP contribution in [-0.4, -0.2) is 24.0 Å². The fourth-order valence-corrected chi connectivity index (χ4v) is 2.72. The van der Waals surface area contributed by atoms with Gasteiger partial charge in [0.05, 0.1) is 0 Å². The minimum atomic E-state index is 0.272. The van der Waals surface area contributed by atoms with E-state index in [1.807, 2.05) is 12.2 Å². The maximum Gasteiger partial charge on any atom is 0.0452 e. The molecule has 1 nitrogen and oxygen atoms in total. The van der Waals surface area contributed by atoms with E-state index in [-0.39, 0.29) is 5.54 Å². The van der Waals surface area contributed by atoms with Crippen molar-refractivity contribution in [1.29, 1.82) is 0 Å². The van der Waals surface area contributed by atoms with Gasteiger partial charge in [0.25, 0.3) is 0 Å². The molecule has 0 saturated carbocycles. The summed E-state index contributed by atoms with van der Waals surface area (Å²) in [5.41, 5.74) is 1.71. The third-order valence-electron chi connectivity index (χ3n) is 3.66. The molecule has 1 aliphatic rings. The molecule has 0 bridgehead atoms. The van der Waals surface area contributed by atoms with Gasteiger partial charge in [0, 0.05) is 5.54 Å². The molecule has 0 spiro atoms. The molecule has 0 N–H and O–H groups in total. The molecule has 1 heterocycles. The second-order valence-corrected chi connectivity index (χ2v) is 4.25. The molecule has 1 saturated heterocycles. The molecule has 1 rings (SSSR count). The van der Waals surface area contributed by atoms with Crippen LogP contribution in [0.5, 0.6) is 0 Å². The minimum absolute atomic E-state index is 0.272. The molecule has 0 aromatic heterocycles. The van der Waals surface area contributed by atoms with Gasteiger partial charge in [-0.05, 0) is 45.4 Å². The predicted octanol–water partition coefficient (Wildman–Crippen LogP) is 3.55. The Kier molecular flexibility index (Phi) is 4.34. The SMILES string of the molecule is C=C/C=C\C(=C/C)C1(CC)CCCN1C. The molecule has 0 aromatic rings. The third-order valence-corrected chi connectivity index (χ3v) is 3.66. The normalized spacial score (nSPS) is 28.9. The van der Waals surface area contributed by atoms with Crippen molar-refractivity contribution in [2.75, 3.05) is 13.6 Å². The lowest BCUT2D eigenvalue weighted by Gasteiger charge is -2.37.